The number of hydrogen-bond acceptors (Lipinski definition) is 2. The zero-order valence-electron chi connectivity index (χ0n) is 5.33. The Morgan fingerprint density at radius 2 is 2.56 bits per heavy atom. The van der Waals surface area contributed by atoms with Gasteiger partial charge in [-0.15, -0.1) is 6.58 Å². The van der Waals surface area contributed by atoms with Gasteiger partial charge in [0.2, 0.25) is 0 Å². The van der Waals surface area contributed by atoms with Gasteiger partial charge in [0.15, 0.2) is 0 Å². The highest BCUT2D eigenvalue weighted by Crippen LogP contribution is 2.00. The van der Waals surface area contributed by atoms with Crippen LogP contribution in [0.2, 0.25) is 0 Å². The third-order valence-corrected chi connectivity index (χ3v) is 1.22. The van der Waals surface area contributed by atoms with Crippen molar-refractivity contribution < 1.29 is 0 Å². The van der Waals surface area contributed by atoms with E-state index in [1.165, 1.54) is 0 Å². The van der Waals surface area contributed by atoms with E-state index in [9.17, 15) is 0 Å². The summed E-state index contributed by atoms with van der Waals surface area (Å²) in [5.74, 6) is 0. The maximum atomic E-state index is 4.17. The summed E-state index contributed by atoms with van der Waals surface area (Å²) < 4.78 is 0. The lowest BCUT2D eigenvalue weighted by molar-refractivity contribution is 0.698. The van der Waals surface area contributed by atoms with Crippen LogP contribution < -0.4 is 0 Å². The van der Waals surface area contributed by atoms with Gasteiger partial charge in [-0.3, -0.25) is 9.98 Å². The monoisotopic (exact) mass is 122 g/mol. The molecule has 0 saturated heterocycles. The van der Waals surface area contributed by atoms with Crippen LogP contribution in [0, 0.1) is 0 Å². The van der Waals surface area contributed by atoms with Gasteiger partial charge in [0, 0.05) is 12.4 Å². The zero-order valence-corrected chi connectivity index (χ0v) is 5.33. The van der Waals surface area contributed by atoms with Crippen LogP contribution in [0.3, 0.4) is 0 Å². The van der Waals surface area contributed by atoms with Gasteiger partial charge >= 0.3 is 0 Å². The van der Waals surface area contributed by atoms with E-state index in [1.807, 2.05) is 6.08 Å². The Bertz CT molecular complexity index is 145. The standard InChI is InChI=1S/C7H10N2/c1-2-3-7-6-8-4-5-9-7/h2,4-5,7H,1,3,6H2. The van der Waals surface area contributed by atoms with E-state index in [0.29, 0.717) is 6.04 Å². The number of rotatable bonds is 2. The van der Waals surface area contributed by atoms with Crippen molar-refractivity contribution in [2.45, 2.75) is 12.5 Å². The molecule has 9 heavy (non-hydrogen) atoms. The summed E-state index contributed by atoms with van der Waals surface area (Å²) in [6, 6.07) is 0.354. The first-order valence-electron chi connectivity index (χ1n) is 3.06. The molecule has 0 N–H and O–H groups in total. The Morgan fingerprint density at radius 3 is 3.11 bits per heavy atom. The molecule has 1 rings (SSSR count). The van der Waals surface area contributed by atoms with Gasteiger partial charge in [-0.2, -0.15) is 0 Å². The first-order valence-corrected chi connectivity index (χ1v) is 3.06. The maximum Gasteiger partial charge on any atom is 0.0729 e. The van der Waals surface area contributed by atoms with Gasteiger partial charge in [-0.05, 0) is 6.42 Å². The smallest absolute Gasteiger partial charge is 0.0729 e. The second kappa shape index (κ2) is 3.17. The highest BCUT2D eigenvalue weighted by molar-refractivity contribution is 6.16. The van der Waals surface area contributed by atoms with Crippen molar-refractivity contribution in [2.24, 2.45) is 9.98 Å². The van der Waals surface area contributed by atoms with E-state index in [1.54, 1.807) is 12.4 Å². The van der Waals surface area contributed by atoms with Crippen LogP contribution in [0.5, 0.6) is 0 Å². The molecule has 1 unspecified atom stereocenters. The van der Waals surface area contributed by atoms with Crippen molar-refractivity contribution in [3.8, 4) is 0 Å². The van der Waals surface area contributed by atoms with Crippen LogP contribution in [0.25, 0.3) is 0 Å². The molecule has 0 aromatic carbocycles. The molecule has 1 atom stereocenters. The molecule has 0 saturated carbocycles. The summed E-state index contributed by atoms with van der Waals surface area (Å²) in [6.07, 6.45) is 6.30. The minimum Gasteiger partial charge on any atom is -0.289 e. The highest BCUT2D eigenvalue weighted by Gasteiger charge is 2.02. The molecule has 0 aromatic rings. The minimum atomic E-state index is 0.354. The number of aliphatic imine (C=N–C) groups is 2. The largest absolute Gasteiger partial charge is 0.289 e. The van der Waals surface area contributed by atoms with E-state index in [-0.39, 0.29) is 0 Å². The lowest BCUT2D eigenvalue weighted by atomic mass is 10.2. The average molecular weight is 122 g/mol. The molecule has 0 aromatic heterocycles. The highest BCUT2D eigenvalue weighted by atomic mass is 14.9. The van der Waals surface area contributed by atoms with Gasteiger partial charge in [0.1, 0.15) is 0 Å². The molecule has 48 valence electrons. The van der Waals surface area contributed by atoms with Crippen molar-refractivity contribution in [3.63, 3.8) is 0 Å². The average Bonchev–Trinajstić information content (AvgIpc) is 1.91. The predicted molar refractivity (Wildman–Crippen MR) is 40.5 cm³/mol. The molecule has 0 aliphatic carbocycles. The minimum absolute atomic E-state index is 0.354. The molecule has 2 nitrogen and oxygen atoms in total. The molecule has 0 bridgehead atoms. The van der Waals surface area contributed by atoms with Crippen LogP contribution >= 0.6 is 0 Å². The van der Waals surface area contributed by atoms with Crippen molar-refractivity contribution in [1.82, 2.24) is 0 Å². The Labute approximate surface area is 55.0 Å². The molecule has 0 radical (unpaired) electrons. The summed E-state index contributed by atoms with van der Waals surface area (Å²) in [5.41, 5.74) is 0. The second-order valence-electron chi connectivity index (χ2n) is 1.99. The SMILES string of the molecule is C=CCC1CN=CC=N1. The van der Waals surface area contributed by atoms with Crippen molar-refractivity contribution in [1.29, 1.82) is 0 Å². The Hall–Kier alpha value is -0.920. The van der Waals surface area contributed by atoms with E-state index in [0.717, 1.165) is 13.0 Å². The Morgan fingerprint density at radius 1 is 1.67 bits per heavy atom. The molecule has 2 heteroatoms. The van der Waals surface area contributed by atoms with Crippen LogP contribution in [-0.2, 0) is 0 Å². The van der Waals surface area contributed by atoms with E-state index in [4.69, 9.17) is 0 Å². The topological polar surface area (TPSA) is 24.7 Å². The quantitative estimate of drug-likeness (QED) is 0.490. The van der Waals surface area contributed by atoms with Crippen molar-refractivity contribution in [3.05, 3.63) is 12.7 Å². The molecule has 0 fully saturated rings. The fourth-order valence-electron chi connectivity index (χ4n) is 0.765. The third kappa shape index (κ3) is 1.80. The van der Waals surface area contributed by atoms with Gasteiger partial charge < -0.3 is 0 Å². The van der Waals surface area contributed by atoms with Gasteiger partial charge in [-0.1, -0.05) is 6.08 Å². The van der Waals surface area contributed by atoms with Crippen LogP contribution in [0.1, 0.15) is 6.42 Å². The van der Waals surface area contributed by atoms with Gasteiger partial charge in [-0.25, -0.2) is 0 Å². The molecular formula is C7H10N2. The fourth-order valence-corrected chi connectivity index (χ4v) is 0.765. The van der Waals surface area contributed by atoms with Crippen LogP contribution in [0.4, 0.5) is 0 Å². The summed E-state index contributed by atoms with van der Waals surface area (Å²) in [6.45, 7) is 4.45. The van der Waals surface area contributed by atoms with Gasteiger partial charge in [0.05, 0.1) is 12.6 Å². The lowest BCUT2D eigenvalue weighted by Gasteiger charge is -2.07. The lowest BCUT2D eigenvalue weighted by Crippen LogP contribution is -2.11. The molecule has 1 aliphatic heterocycles. The normalized spacial score (nSPS) is 24.2. The van der Waals surface area contributed by atoms with E-state index >= 15 is 0 Å². The van der Waals surface area contributed by atoms with E-state index in [2.05, 4.69) is 16.6 Å². The molecule has 1 aliphatic rings. The summed E-state index contributed by atoms with van der Waals surface area (Å²) in [7, 11) is 0. The third-order valence-electron chi connectivity index (χ3n) is 1.22. The summed E-state index contributed by atoms with van der Waals surface area (Å²) >= 11 is 0. The van der Waals surface area contributed by atoms with Crippen LogP contribution in [0.15, 0.2) is 22.6 Å². The maximum absolute atomic E-state index is 4.17. The van der Waals surface area contributed by atoms with E-state index < -0.39 is 0 Å². The van der Waals surface area contributed by atoms with Crippen molar-refractivity contribution >= 4 is 12.4 Å². The summed E-state index contributed by atoms with van der Waals surface area (Å²) in [4.78, 5) is 8.23. The van der Waals surface area contributed by atoms with Crippen LogP contribution in [-0.4, -0.2) is 25.0 Å². The first kappa shape index (κ1) is 6.20. The van der Waals surface area contributed by atoms with Crippen molar-refractivity contribution in [2.75, 3.05) is 6.54 Å². The predicted octanol–water partition coefficient (Wildman–Crippen LogP) is 1.09. The zero-order chi connectivity index (χ0) is 6.53. The molecule has 1 heterocycles. The Balaban J connectivity index is 2.36. The first-order chi connectivity index (χ1) is 4.43. The van der Waals surface area contributed by atoms with Gasteiger partial charge in [0.25, 0.3) is 0 Å². The second-order valence-corrected chi connectivity index (χ2v) is 1.99. The fraction of sp³-hybridized carbons (Fsp3) is 0.429. The Kier molecular flexibility index (Phi) is 2.19. The number of hydrogen-bond donors (Lipinski definition) is 0. The summed E-state index contributed by atoms with van der Waals surface area (Å²) in [5, 5.41) is 0. The molecule has 0 amide bonds. The molecule has 0 spiro atoms. The number of nitrogens with zero attached hydrogens (tertiary/aromatic N) is 2. The molecular weight excluding hydrogens is 112 g/mol.